The summed E-state index contributed by atoms with van der Waals surface area (Å²) < 4.78 is 1.24. The number of anilines is 2. The highest BCUT2D eigenvalue weighted by Gasteiger charge is 2.18. The van der Waals surface area contributed by atoms with Crippen LogP contribution in [0.2, 0.25) is 5.02 Å². The number of benzene rings is 2. The van der Waals surface area contributed by atoms with Crippen molar-refractivity contribution in [3.05, 3.63) is 64.0 Å². The van der Waals surface area contributed by atoms with Crippen LogP contribution < -0.4 is 21.5 Å². The number of halogens is 1. The van der Waals surface area contributed by atoms with E-state index in [9.17, 15) is 19.2 Å². The first-order valence-electron chi connectivity index (χ1n) is 9.38. The van der Waals surface area contributed by atoms with Gasteiger partial charge in [-0.2, -0.15) is 5.10 Å². The van der Waals surface area contributed by atoms with E-state index in [1.54, 1.807) is 37.4 Å². The molecule has 0 aliphatic carbocycles. The van der Waals surface area contributed by atoms with Crippen LogP contribution in [0.3, 0.4) is 0 Å². The van der Waals surface area contributed by atoms with Gasteiger partial charge < -0.3 is 16.0 Å². The van der Waals surface area contributed by atoms with Gasteiger partial charge in [0.05, 0.1) is 28.8 Å². The predicted molar refractivity (Wildman–Crippen MR) is 118 cm³/mol. The summed E-state index contributed by atoms with van der Waals surface area (Å²) in [5.41, 5.74) is 0.396. The van der Waals surface area contributed by atoms with Crippen LogP contribution in [0.1, 0.15) is 13.8 Å². The molecule has 3 rings (SSSR count). The largest absolute Gasteiger partial charge is 0.344 e. The van der Waals surface area contributed by atoms with Crippen molar-refractivity contribution < 1.29 is 14.4 Å². The van der Waals surface area contributed by atoms with E-state index in [0.29, 0.717) is 11.1 Å². The van der Waals surface area contributed by atoms with Gasteiger partial charge in [-0.15, -0.1) is 0 Å². The van der Waals surface area contributed by atoms with Gasteiger partial charge in [0.1, 0.15) is 0 Å². The lowest BCUT2D eigenvalue weighted by Crippen LogP contribution is -2.43. The monoisotopic (exact) mass is 441 g/mol. The van der Waals surface area contributed by atoms with E-state index in [-0.39, 0.29) is 28.7 Å². The molecule has 0 radical (unpaired) electrons. The number of nitrogens with one attached hydrogen (secondary N) is 3. The van der Waals surface area contributed by atoms with E-state index in [0.717, 1.165) is 5.39 Å². The third-order valence-electron chi connectivity index (χ3n) is 4.33. The first-order chi connectivity index (χ1) is 14.7. The molecule has 9 nitrogen and oxygen atoms in total. The zero-order valence-corrected chi connectivity index (χ0v) is 17.6. The second-order valence-electron chi connectivity index (χ2n) is 6.92. The maximum absolute atomic E-state index is 12.5. The fourth-order valence-electron chi connectivity index (χ4n) is 2.93. The van der Waals surface area contributed by atoms with Crippen molar-refractivity contribution in [3.8, 4) is 0 Å². The van der Waals surface area contributed by atoms with Crippen LogP contribution in [0.15, 0.2) is 53.5 Å². The highest BCUT2D eigenvalue weighted by Crippen LogP contribution is 2.25. The number of amides is 3. The average Bonchev–Trinajstić information content (AvgIpc) is 2.71. The van der Waals surface area contributed by atoms with E-state index < -0.39 is 17.9 Å². The molecule has 3 amide bonds. The summed E-state index contributed by atoms with van der Waals surface area (Å²) in [5.74, 6) is -2.07. The molecule has 1 atom stereocenters. The van der Waals surface area contributed by atoms with Gasteiger partial charge in [0.25, 0.3) is 5.56 Å². The summed E-state index contributed by atoms with van der Waals surface area (Å²) in [6.45, 7) is 3.11. The predicted octanol–water partition coefficient (Wildman–Crippen LogP) is 2.15. The standard InChI is InChI=1S/C21H20ClN5O4/c1-12(11-27-21(31)16-6-4-3-5-14(16)10-23-27)24-19(29)20(30)26-18-8-7-15(9-17(18)22)25-13(2)28/h3-10,12H,11H2,1-2H3,(H,24,29)(H,25,28)(H,26,30). The molecule has 1 aromatic heterocycles. The van der Waals surface area contributed by atoms with E-state index in [2.05, 4.69) is 21.0 Å². The second kappa shape index (κ2) is 9.40. The molecule has 0 fully saturated rings. The molecule has 3 aromatic rings. The van der Waals surface area contributed by atoms with Gasteiger partial charge in [-0.1, -0.05) is 29.8 Å². The number of rotatable bonds is 5. The minimum Gasteiger partial charge on any atom is -0.344 e. The van der Waals surface area contributed by atoms with Crippen molar-refractivity contribution in [3.63, 3.8) is 0 Å². The van der Waals surface area contributed by atoms with Crippen molar-refractivity contribution in [2.75, 3.05) is 10.6 Å². The van der Waals surface area contributed by atoms with Crippen LogP contribution in [0.4, 0.5) is 11.4 Å². The van der Waals surface area contributed by atoms with E-state index >= 15 is 0 Å². The average molecular weight is 442 g/mol. The lowest BCUT2D eigenvalue weighted by molar-refractivity contribution is -0.136. The Labute approximate surface area is 182 Å². The first-order valence-corrected chi connectivity index (χ1v) is 9.76. The minimum atomic E-state index is -0.917. The van der Waals surface area contributed by atoms with Crippen LogP contribution in [0.5, 0.6) is 0 Å². The molecule has 0 saturated heterocycles. The van der Waals surface area contributed by atoms with Crippen molar-refractivity contribution in [2.24, 2.45) is 0 Å². The third-order valence-corrected chi connectivity index (χ3v) is 4.64. The molecule has 160 valence electrons. The Morgan fingerprint density at radius 1 is 1.10 bits per heavy atom. The van der Waals surface area contributed by atoms with Crippen molar-refractivity contribution in [2.45, 2.75) is 26.4 Å². The molecule has 1 unspecified atom stereocenters. The molecular weight excluding hydrogens is 422 g/mol. The van der Waals surface area contributed by atoms with Gasteiger partial charge in [-0.05, 0) is 31.2 Å². The highest BCUT2D eigenvalue weighted by atomic mass is 35.5. The lowest BCUT2D eigenvalue weighted by atomic mass is 10.2. The number of aromatic nitrogens is 2. The summed E-state index contributed by atoms with van der Waals surface area (Å²) in [5, 5.41) is 13.0. The molecule has 3 N–H and O–H groups in total. The Hall–Kier alpha value is -3.72. The maximum Gasteiger partial charge on any atom is 0.313 e. The smallest absolute Gasteiger partial charge is 0.313 e. The topological polar surface area (TPSA) is 122 Å². The highest BCUT2D eigenvalue weighted by molar-refractivity contribution is 6.41. The molecule has 0 aliphatic rings. The molecule has 10 heteroatoms. The van der Waals surface area contributed by atoms with Crippen LogP contribution in [0, 0.1) is 0 Å². The minimum absolute atomic E-state index is 0.0921. The van der Waals surface area contributed by atoms with Crippen LogP contribution in [-0.4, -0.2) is 33.5 Å². The second-order valence-corrected chi connectivity index (χ2v) is 7.33. The Morgan fingerprint density at radius 3 is 2.55 bits per heavy atom. The van der Waals surface area contributed by atoms with E-state index in [4.69, 9.17) is 11.6 Å². The molecule has 1 heterocycles. The van der Waals surface area contributed by atoms with Gasteiger partial charge in [0.2, 0.25) is 5.91 Å². The van der Waals surface area contributed by atoms with Crippen molar-refractivity contribution in [1.29, 1.82) is 0 Å². The zero-order chi connectivity index (χ0) is 22.5. The maximum atomic E-state index is 12.5. The fraction of sp³-hybridized carbons (Fsp3) is 0.190. The van der Waals surface area contributed by atoms with Crippen LogP contribution >= 0.6 is 11.6 Å². The lowest BCUT2D eigenvalue weighted by Gasteiger charge is -2.15. The van der Waals surface area contributed by atoms with Crippen LogP contribution in [0.25, 0.3) is 10.8 Å². The number of hydrogen-bond donors (Lipinski definition) is 3. The number of carbonyl (C=O) groups is 3. The van der Waals surface area contributed by atoms with Gasteiger partial charge in [0.15, 0.2) is 0 Å². The third kappa shape index (κ3) is 5.46. The number of fused-ring (bicyclic) bond motifs is 1. The number of carbonyl (C=O) groups excluding carboxylic acids is 3. The van der Waals surface area contributed by atoms with E-state index in [1.807, 2.05) is 6.07 Å². The number of hydrogen-bond acceptors (Lipinski definition) is 5. The number of nitrogens with zero attached hydrogens (tertiary/aromatic N) is 2. The van der Waals surface area contributed by atoms with Gasteiger partial charge >= 0.3 is 11.8 Å². The molecule has 0 bridgehead atoms. The summed E-state index contributed by atoms with van der Waals surface area (Å²) in [7, 11) is 0. The van der Waals surface area contributed by atoms with Crippen molar-refractivity contribution in [1.82, 2.24) is 15.1 Å². The Balaban J connectivity index is 1.62. The van der Waals surface area contributed by atoms with E-state index in [1.165, 1.54) is 23.7 Å². The van der Waals surface area contributed by atoms with Crippen LogP contribution in [-0.2, 0) is 20.9 Å². The molecule has 0 spiro atoms. The normalized spacial score (nSPS) is 11.6. The molecule has 2 aromatic carbocycles. The van der Waals surface area contributed by atoms with Gasteiger partial charge in [-0.3, -0.25) is 19.2 Å². The fourth-order valence-corrected chi connectivity index (χ4v) is 3.16. The first kappa shape index (κ1) is 22.0. The Bertz CT molecular complexity index is 1220. The summed E-state index contributed by atoms with van der Waals surface area (Å²) >= 11 is 6.10. The Kier molecular flexibility index (Phi) is 6.66. The van der Waals surface area contributed by atoms with Crippen molar-refractivity contribution >= 4 is 51.5 Å². The summed E-state index contributed by atoms with van der Waals surface area (Å²) in [6.07, 6.45) is 1.57. The molecule has 0 saturated carbocycles. The SMILES string of the molecule is CC(=O)Nc1ccc(NC(=O)C(=O)NC(C)Cn2ncc3ccccc3c2=O)c(Cl)c1. The summed E-state index contributed by atoms with van der Waals surface area (Å²) in [4.78, 5) is 48.1. The quantitative estimate of drug-likeness (QED) is 0.523. The van der Waals surface area contributed by atoms with Gasteiger partial charge in [0, 0.05) is 24.0 Å². The Morgan fingerprint density at radius 2 is 1.84 bits per heavy atom. The summed E-state index contributed by atoms with van der Waals surface area (Å²) in [6, 6.07) is 11.0. The zero-order valence-electron chi connectivity index (χ0n) is 16.8. The molecular formula is C21H20ClN5O4. The molecule has 0 aliphatic heterocycles. The molecule has 31 heavy (non-hydrogen) atoms. The van der Waals surface area contributed by atoms with Gasteiger partial charge in [-0.25, -0.2) is 4.68 Å².